The van der Waals surface area contributed by atoms with Gasteiger partial charge in [-0.05, 0) is 47.8 Å². The summed E-state index contributed by atoms with van der Waals surface area (Å²) in [6.45, 7) is 5.22. The third kappa shape index (κ3) is 2.71. The van der Waals surface area contributed by atoms with Crippen LogP contribution in [0.1, 0.15) is 67.1 Å². The number of rotatable bonds is 2. The fourth-order valence-electron chi connectivity index (χ4n) is 3.95. The summed E-state index contributed by atoms with van der Waals surface area (Å²) in [5, 5.41) is 13.7. The molecule has 0 aromatic heterocycles. The molecule has 0 bridgehead atoms. The zero-order valence-corrected chi connectivity index (χ0v) is 13.0. The van der Waals surface area contributed by atoms with E-state index in [4.69, 9.17) is 0 Å². The van der Waals surface area contributed by atoms with Gasteiger partial charge in [0.15, 0.2) is 0 Å². The molecule has 0 spiro atoms. The molecular formula is C18H25NO2. The first kappa shape index (κ1) is 14.6. The number of nitrogens with one attached hydrogen (secondary N) is 1. The standard InChI is InChI=1S/C18H25NO2/c1-18(2)9-4-3-5-15(18)16(20)13-7-6-12-8-10-19-17(21)14(12)11-13/h6-7,11,15-16,20H,3-5,8-10H2,1-2H3,(H,19,21). The number of aliphatic hydroxyl groups is 1. The molecular weight excluding hydrogens is 262 g/mol. The fraction of sp³-hybridized carbons (Fsp3) is 0.611. The molecule has 2 N–H and O–H groups in total. The first-order valence-corrected chi connectivity index (χ1v) is 8.08. The number of carbonyl (C=O) groups excluding carboxylic acids is 1. The van der Waals surface area contributed by atoms with Crippen LogP contribution in [0.3, 0.4) is 0 Å². The minimum atomic E-state index is -0.472. The zero-order chi connectivity index (χ0) is 15.0. The molecule has 114 valence electrons. The van der Waals surface area contributed by atoms with Gasteiger partial charge in [0.2, 0.25) is 0 Å². The molecule has 2 unspecified atom stereocenters. The van der Waals surface area contributed by atoms with Crippen LogP contribution in [0.2, 0.25) is 0 Å². The molecule has 21 heavy (non-hydrogen) atoms. The van der Waals surface area contributed by atoms with Crippen LogP contribution < -0.4 is 5.32 Å². The van der Waals surface area contributed by atoms with Gasteiger partial charge in [0.1, 0.15) is 0 Å². The Balaban J connectivity index is 1.89. The maximum Gasteiger partial charge on any atom is 0.251 e. The van der Waals surface area contributed by atoms with E-state index in [1.54, 1.807) is 0 Å². The van der Waals surface area contributed by atoms with E-state index < -0.39 is 6.10 Å². The second-order valence-corrected chi connectivity index (χ2v) is 7.21. The number of hydrogen-bond donors (Lipinski definition) is 2. The van der Waals surface area contributed by atoms with E-state index in [2.05, 4.69) is 19.2 Å². The van der Waals surface area contributed by atoms with Crippen molar-refractivity contribution in [2.75, 3.05) is 6.54 Å². The highest BCUT2D eigenvalue weighted by atomic mass is 16.3. The molecule has 3 rings (SSSR count). The predicted octanol–water partition coefficient (Wildman–Crippen LogP) is 3.22. The molecule has 3 nitrogen and oxygen atoms in total. The van der Waals surface area contributed by atoms with Gasteiger partial charge in [-0.3, -0.25) is 4.79 Å². The summed E-state index contributed by atoms with van der Waals surface area (Å²) in [5.74, 6) is 0.268. The lowest BCUT2D eigenvalue weighted by Gasteiger charge is -2.41. The van der Waals surface area contributed by atoms with Gasteiger partial charge in [0, 0.05) is 12.1 Å². The van der Waals surface area contributed by atoms with Gasteiger partial charge >= 0.3 is 0 Å². The van der Waals surface area contributed by atoms with E-state index >= 15 is 0 Å². The molecule has 1 aromatic rings. The van der Waals surface area contributed by atoms with Gasteiger partial charge in [-0.25, -0.2) is 0 Å². The third-order valence-electron chi connectivity index (χ3n) is 5.37. The first-order chi connectivity index (χ1) is 9.99. The van der Waals surface area contributed by atoms with Gasteiger partial charge in [0.05, 0.1) is 6.10 Å². The van der Waals surface area contributed by atoms with Crippen LogP contribution in [0.5, 0.6) is 0 Å². The third-order valence-corrected chi connectivity index (χ3v) is 5.37. The van der Waals surface area contributed by atoms with Crippen LogP contribution in [0, 0.1) is 11.3 Å². The Hall–Kier alpha value is -1.35. The van der Waals surface area contributed by atoms with Crippen LogP contribution in [0.4, 0.5) is 0 Å². The van der Waals surface area contributed by atoms with Crippen LogP contribution in [-0.2, 0) is 6.42 Å². The van der Waals surface area contributed by atoms with Crippen molar-refractivity contribution in [3.8, 4) is 0 Å². The van der Waals surface area contributed by atoms with Gasteiger partial charge < -0.3 is 10.4 Å². The maximum absolute atomic E-state index is 12.0. The van der Waals surface area contributed by atoms with E-state index in [1.165, 1.54) is 19.3 Å². The second kappa shape index (κ2) is 5.45. The van der Waals surface area contributed by atoms with Crippen LogP contribution in [0.15, 0.2) is 18.2 Å². The summed E-state index contributed by atoms with van der Waals surface area (Å²) < 4.78 is 0. The number of carbonyl (C=O) groups is 1. The van der Waals surface area contributed by atoms with Crippen molar-refractivity contribution in [2.45, 2.75) is 52.1 Å². The minimum absolute atomic E-state index is 0.00629. The number of hydrogen-bond acceptors (Lipinski definition) is 2. The Bertz CT molecular complexity index is 550. The van der Waals surface area contributed by atoms with Gasteiger partial charge in [-0.1, -0.05) is 38.8 Å². The summed E-state index contributed by atoms with van der Waals surface area (Å²) in [6, 6.07) is 5.93. The molecule has 2 aliphatic rings. The maximum atomic E-state index is 12.0. The molecule has 1 amide bonds. The number of fused-ring (bicyclic) bond motifs is 1. The molecule has 1 fully saturated rings. The Labute approximate surface area is 126 Å². The average Bonchev–Trinajstić information content (AvgIpc) is 2.46. The van der Waals surface area contributed by atoms with Gasteiger partial charge in [-0.2, -0.15) is 0 Å². The lowest BCUT2D eigenvalue weighted by atomic mass is 9.65. The molecule has 0 saturated heterocycles. The van der Waals surface area contributed by atoms with E-state index in [-0.39, 0.29) is 17.2 Å². The Kier molecular flexibility index (Phi) is 3.78. The quantitative estimate of drug-likeness (QED) is 0.877. The summed E-state index contributed by atoms with van der Waals surface area (Å²) in [6.07, 6.45) is 5.09. The molecule has 1 heterocycles. The topological polar surface area (TPSA) is 49.3 Å². The highest BCUT2D eigenvalue weighted by Crippen LogP contribution is 2.46. The van der Waals surface area contributed by atoms with Crippen molar-refractivity contribution in [1.29, 1.82) is 0 Å². The normalized spacial score (nSPS) is 25.9. The Morgan fingerprint density at radius 2 is 2.14 bits per heavy atom. The average molecular weight is 287 g/mol. The van der Waals surface area contributed by atoms with E-state index in [9.17, 15) is 9.90 Å². The highest BCUT2D eigenvalue weighted by Gasteiger charge is 2.37. The lowest BCUT2D eigenvalue weighted by molar-refractivity contribution is 0.00382. The monoisotopic (exact) mass is 287 g/mol. The van der Waals surface area contributed by atoms with Crippen molar-refractivity contribution in [2.24, 2.45) is 11.3 Å². The Morgan fingerprint density at radius 3 is 2.90 bits per heavy atom. The van der Waals surface area contributed by atoms with Gasteiger partial charge in [0.25, 0.3) is 5.91 Å². The van der Waals surface area contributed by atoms with Crippen LogP contribution in [0.25, 0.3) is 0 Å². The fourth-order valence-corrected chi connectivity index (χ4v) is 3.95. The smallest absolute Gasteiger partial charge is 0.251 e. The van der Waals surface area contributed by atoms with Crippen molar-refractivity contribution in [3.63, 3.8) is 0 Å². The van der Waals surface area contributed by atoms with Crippen molar-refractivity contribution >= 4 is 5.91 Å². The first-order valence-electron chi connectivity index (χ1n) is 8.08. The molecule has 1 saturated carbocycles. The molecule has 1 aromatic carbocycles. The van der Waals surface area contributed by atoms with Gasteiger partial charge in [-0.15, -0.1) is 0 Å². The highest BCUT2D eigenvalue weighted by molar-refractivity contribution is 5.96. The summed E-state index contributed by atoms with van der Waals surface area (Å²) in [4.78, 5) is 12.0. The van der Waals surface area contributed by atoms with E-state index in [1.807, 2.05) is 18.2 Å². The largest absolute Gasteiger partial charge is 0.388 e. The minimum Gasteiger partial charge on any atom is -0.388 e. The molecule has 2 atom stereocenters. The van der Waals surface area contributed by atoms with E-state index in [0.29, 0.717) is 6.54 Å². The molecule has 0 radical (unpaired) electrons. The van der Waals surface area contributed by atoms with Crippen molar-refractivity contribution < 1.29 is 9.90 Å². The van der Waals surface area contributed by atoms with Crippen LogP contribution >= 0.6 is 0 Å². The summed E-state index contributed by atoms with van der Waals surface area (Å²) in [5.41, 5.74) is 2.89. The predicted molar refractivity (Wildman–Crippen MR) is 83.2 cm³/mol. The lowest BCUT2D eigenvalue weighted by Crippen LogP contribution is -2.34. The Morgan fingerprint density at radius 1 is 1.33 bits per heavy atom. The van der Waals surface area contributed by atoms with Crippen LogP contribution in [-0.4, -0.2) is 17.6 Å². The molecule has 1 aliphatic heterocycles. The molecule has 3 heteroatoms. The number of aliphatic hydroxyl groups excluding tert-OH is 1. The second-order valence-electron chi connectivity index (χ2n) is 7.21. The number of benzene rings is 1. The zero-order valence-electron chi connectivity index (χ0n) is 13.0. The SMILES string of the molecule is CC1(C)CCCCC1C(O)c1ccc2c(c1)C(=O)NCC2. The summed E-state index contributed by atoms with van der Waals surface area (Å²) >= 11 is 0. The van der Waals surface area contributed by atoms with Crippen molar-refractivity contribution in [1.82, 2.24) is 5.32 Å². The van der Waals surface area contributed by atoms with Crippen molar-refractivity contribution in [3.05, 3.63) is 34.9 Å². The number of amides is 1. The van der Waals surface area contributed by atoms with E-state index in [0.717, 1.165) is 29.5 Å². The summed E-state index contributed by atoms with van der Waals surface area (Å²) in [7, 11) is 0. The molecule has 1 aliphatic carbocycles.